The number of hydrogen-bond acceptors (Lipinski definition) is 6. The number of carbonyl (C=O) groups is 1. The van der Waals surface area contributed by atoms with Crippen LogP contribution in [0.15, 0.2) is 24.3 Å². The Morgan fingerprint density at radius 3 is 2.66 bits per heavy atom. The summed E-state index contributed by atoms with van der Waals surface area (Å²) in [6.45, 7) is 10.1. The first-order chi connectivity index (χ1) is 15.4. The molecule has 0 saturated carbocycles. The van der Waals surface area contributed by atoms with E-state index in [0.717, 1.165) is 29.8 Å². The molecule has 1 fully saturated rings. The Hall–Kier alpha value is -2.29. The first-order valence-electron chi connectivity index (χ1n) is 11.5. The summed E-state index contributed by atoms with van der Waals surface area (Å²) in [6.07, 6.45) is 2.27. The van der Waals surface area contributed by atoms with Crippen LogP contribution in [0.2, 0.25) is 0 Å². The molecule has 0 aliphatic carbocycles. The molecule has 0 bridgehead atoms. The molecule has 32 heavy (non-hydrogen) atoms. The Balaban J connectivity index is 1.26. The molecule has 1 aromatic heterocycles. The predicted molar refractivity (Wildman–Crippen MR) is 119 cm³/mol. The van der Waals surface area contributed by atoms with Crippen LogP contribution in [-0.4, -0.2) is 63.8 Å². The highest BCUT2D eigenvalue weighted by atomic mass is 16.5. The second-order valence-electron chi connectivity index (χ2n) is 9.13. The van der Waals surface area contributed by atoms with Crippen molar-refractivity contribution in [3.05, 3.63) is 46.8 Å². The van der Waals surface area contributed by atoms with E-state index in [4.69, 9.17) is 14.2 Å². The maximum atomic E-state index is 12.7. The number of nitrogens with zero attached hydrogens (tertiary/aromatic N) is 4. The fraction of sp³-hybridized carbons (Fsp3) is 0.625. The number of benzene rings is 1. The van der Waals surface area contributed by atoms with E-state index in [1.165, 1.54) is 5.56 Å². The molecule has 1 spiro atoms. The number of hydrogen-bond donors (Lipinski definition) is 0. The van der Waals surface area contributed by atoms with Gasteiger partial charge in [0.2, 0.25) is 5.91 Å². The third kappa shape index (κ3) is 5.54. The van der Waals surface area contributed by atoms with E-state index in [1.807, 2.05) is 35.6 Å². The molecule has 0 N–H and O–H groups in total. The van der Waals surface area contributed by atoms with Crippen LogP contribution in [0.25, 0.3) is 0 Å². The topological polar surface area (TPSA) is 78.7 Å². The van der Waals surface area contributed by atoms with Crippen molar-refractivity contribution in [2.75, 3.05) is 26.3 Å². The monoisotopic (exact) mass is 442 g/mol. The molecule has 1 aromatic carbocycles. The van der Waals surface area contributed by atoms with Crippen LogP contribution in [0.5, 0.6) is 0 Å². The number of carbonyl (C=O) groups excluding carboxylic acids is 1. The normalized spacial score (nSPS) is 17.7. The van der Waals surface area contributed by atoms with Crippen LogP contribution in [0.1, 0.15) is 49.2 Å². The molecular formula is C24H34N4O4. The maximum absolute atomic E-state index is 12.7. The predicted octanol–water partition coefficient (Wildman–Crippen LogP) is 2.66. The summed E-state index contributed by atoms with van der Waals surface area (Å²) >= 11 is 0. The third-order valence-electron chi connectivity index (χ3n) is 6.29. The highest BCUT2D eigenvalue weighted by Gasteiger charge is 2.41. The van der Waals surface area contributed by atoms with E-state index in [-0.39, 0.29) is 17.6 Å². The van der Waals surface area contributed by atoms with Crippen molar-refractivity contribution in [1.82, 2.24) is 19.9 Å². The zero-order valence-electron chi connectivity index (χ0n) is 19.4. The van der Waals surface area contributed by atoms with Gasteiger partial charge in [-0.1, -0.05) is 35.0 Å². The van der Waals surface area contributed by atoms with E-state index in [0.29, 0.717) is 52.5 Å². The highest BCUT2D eigenvalue weighted by molar-refractivity contribution is 5.78. The summed E-state index contributed by atoms with van der Waals surface area (Å²) in [6, 6.07) is 8.18. The molecule has 174 valence electrons. The van der Waals surface area contributed by atoms with E-state index in [9.17, 15) is 4.79 Å². The number of fused-ring (bicyclic) bond motifs is 1. The van der Waals surface area contributed by atoms with Gasteiger partial charge >= 0.3 is 0 Å². The molecule has 0 unspecified atom stereocenters. The maximum Gasteiger partial charge on any atom is 0.226 e. The lowest BCUT2D eigenvalue weighted by Crippen LogP contribution is -2.52. The van der Waals surface area contributed by atoms with Gasteiger partial charge < -0.3 is 19.1 Å². The van der Waals surface area contributed by atoms with Gasteiger partial charge in [-0.15, -0.1) is 5.10 Å². The summed E-state index contributed by atoms with van der Waals surface area (Å²) in [5.74, 6) is 0.182. The van der Waals surface area contributed by atoms with Gasteiger partial charge in [0.1, 0.15) is 5.69 Å². The van der Waals surface area contributed by atoms with Gasteiger partial charge in [0.15, 0.2) is 0 Å². The van der Waals surface area contributed by atoms with E-state index in [2.05, 4.69) is 29.4 Å². The van der Waals surface area contributed by atoms with Crippen molar-refractivity contribution >= 4 is 5.91 Å². The molecule has 0 atom stereocenters. The first kappa shape index (κ1) is 22.9. The molecule has 2 aliphatic heterocycles. The molecule has 0 radical (unpaired) electrons. The van der Waals surface area contributed by atoms with Crippen LogP contribution in [0.3, 0.4) is 0 Å². The number of rotatable bonds is 8. The standard InChI is InChI=1S/C24H34N4O4/c1-18(2)31-13-12-30-15-21-22-16-32-24(17-28(22)26-25-21)8-10-27(11-9-24)23(29)14-20-6-4-19(3)5-7-20/h4-7,18H,8-17H2,1-3H3. The highest BCUT2D eigenvalue weighted by Crippen LogP contribution is 2.33. The lowest BCUT2D eigenvalue weighted by atomic mass is 9.89. The minimum atomic E-state index is -0.273. The summed E-state index contributed by atoms with van der Waals surface area (Å²) in [5, 5.41) is 8.65. The summed E-state index contributed by atoms with van der Waals surface area (Å²) in [5.41, 5.74) is 3.81. The molecule has 8 nitrogen and oxygen atoms in total. The number of aromatic nitrogens is 3. The van der Waals surface area contributed by atoms with Crippen LogP contribution >= 0.6 is 0 Å². The Morgan fingerprint density at radius 1 is 1.19 bits per heavy atom. The van der Waals surface area contributed by atoms with Crippen LogP contribution in [0.4, 0.5) is 0 Å². The smallest absolute Gasteiger partial charge is 0.226 e. The van der Waals surface area contributed by atoms with Crippen LogP contribution in [-0.2, 0) is 45.2 Å². The fourth-order valence-electron chi connectivity index (χ4n) is 4.28. The van der Waals surface area contributed by atoms with Gasteiger partial charge in [0.25, 0.3) is 0 Å². The number of likely N-dealkylation sites (tertiary alicyclic amines) is 1. The van der Waals surface area contributed by atoms with Crippen molar-refractivity contribution in [3.63, 3.8) is 0 Å². The van der Waals surface area contributed by atoms with Gasteiger partial charge in [0, 0.05) is 13.1 Å². The summed E-state index contributed by atoms with van der Waals surface area (Å²) < 4.78 is 19.5. The largest absolute Gasteiger partial charge is 0.376 e. The minimum absolute atomic E-state index is 0.182. The zero-order valence-corrected chi connectivity index (χ0v) is 19.4. The Morgan fingerprint density at radius 2 is 1.94 bits per heavy atom. The second kappa shape index (κ2) is 10.1. The SMILES string of the molecule is Cc1ccc(CC(=O)N2CCC3(CC2)Cn2nnc(COCCOC(C)C)c2CO3)cc1. The van der Waals surface area contributed by atoms with Crippen molar-refractivity contribution in [2.45, 2.75) is 71.5 Å². The first-order valence-corrected chi connectivity index (χ1v) is 11.5. The number of ether oxygens (including phenoxy) is 3. The van der Waals surface area contributed by atoms with E-state index < -0.39 is 0 Å². The quantitative estimate of drug-likeness (QED) is 0.585. The minimum Gasteiger partial charge on any atom is -0.376 e. The van der Waals surface area contributed by atoms with Crippen LogP contribution in [0, 0.1) is 6.92 Å². The van der Waals surface area contributed by atoms with Crippen molar-refractivity contribution < 1.29 is 19.0 Å². The molecule has 3 heterocycles. The van der Waals surface area contributed by atoms with Crippen molar-refractivity contribution in [3.8, 4) is 0 Å². The lowest BCUT2D eigenvalue weighted by molar-refractivity contribution is -0.145. The lowest BCUT2D eigenvalue weighted by Gasteiger charge is -2.43. The molecule has 1 amide bonds. The molecule has 4 rings (SSSR count). The average molecular weight is 443 g/mol. The van der Waals surface area contributed by atoms with Gasteiger partial charge in [0.05, 0.1) is 56.8 Å². The summed E-state index contributed by atoms with van der Waals surface area (Å²) in [4.78, 5) is 14.7. The average Bonchev–Trinajstić information content (AvgIpc) is 3.17. The number of piperidine rings is 1. The second-order valence-corrected chi connectivity index (χ2v) is 9.13. The Labute approximate surface area is 189 Å². The van der Waals surface area contributed by atoms with Crippen molar-refractivity contribution in [1.29, 1.82) is 0 Å². The van der Waals surface area contributed by atoms with E-state index in [1.54, 1.807) is 0 Å². The number of aryl methyl sites for hydroxylation is 1. The molecular weight excluding hydrogens is 408 g/mol. The molecule has 2 aliphatic rings. The van der Waals surface area contributed by atoms with Gasteiger partial charge in [-0.05, 0) is 39.2 Å². The van der Waals surface area contributed by atoms with Gasteiger partial charge in [-0.2, -0.15) is 0 Å². The van der Waals surface area contributed by atoms with Crippen molar-refractivity contribution in [2.24, 2.45) is 0 Å². The van der Waals surface area contributed by atoms with Gasteiger partial charge in [-0.3, -0.25) is 4.79 Å². The Bertz CT molecular complexity index is 901. The number of amides is 1. The Kier molecular flexibility index (Phi) is 7.23. The van der Waals surface area contributed by atoms with Crippen LogP contribution < -0.4 is 0 Å². The third-order valence-corrected chi connectivity index (χ3v) is 6.29. The van der Waals surface area contributed by atoms with Gasteiger partial charge in [-0.25, -0.2) is 4.68 Å². The summed E-state index contributed by atoms with van der Waals surface area (Å²) in [7, 11) is 0. The molecule has 8 heteroatoms. The fourth-order valence-corrected chi connectivity index (χ4v) is 4.28. The molecule has 1 saturated heterocycles. The molecule has 2 aromatic rings. The zero-order chi connectivity index (χ0) is 22.6. The van der Waals surface area contributed by atoms with E-state index >= 15 is 0 Å².